The second-order valence-corrected chi connectivity index (χ2v) is 6.09. The minimum absolute atomic E-state index is 0.462. The van der Waals surface area contributed by atoms with Crippen LogP contribution in [-0.4, -0.2) is 17.0 Å². The predicted octanol–water partition coefficient (Wildman–Crippen LogP) is 2.50. The van der Waals surface area contributed by atoms with Gasteiger partial charge in [0.2, 0.25) is 0 Å². The van der Waals surface area contributed by atoms with Gasteiger partial charge in [0.25, 0.3) is 0 Å². The van der Waals surface area contributed by atoms with Gasteiger partial charge >= 0.3 is 0 Å². The zero-order valence-electron chi connectivity index (χ0n) is 8.47. The Hall–Kier alpha value is 0.310. The SMILES string of the molecule is CC(C)CSC1(CN)CC(C)C1. The Labute approximate surface area is 80.5 Å². The lowest BCUT2D eigenvalue weighted by Crippen LogP contribution is -2.46. The smallest absolute Gasteiger partial charge is 0.0287 e. The van der Waals surface area contributed by atoms with Crippen LogP contribution in [0.4, 0.5) is 0 Å². The summed E-state index contributed by atoms with van der Waals surface area (Å²) in [6.07, 6.45) is 2.67. The van der Waals surface area contributed by atoms with Gasteiger partial charge in [-0.25, -0.2) is 0 Å². The summed E-state index contributed by atoms with van der Waals surface area (Å²) in [6.45, 7) is 7.75. The highest BCUT2D eigenvalue weighted by Gasteiger charge is 2.41. The zero-order chi connectivity index (χ0) is 9.19. The van der Waals surface area contributed by atoms with Crippen molar-refractivity contribution in [2.45, 2.75) is 38.4 Å². The standard InChI is InChI=1S/C10H21NS/c1-8(2)6-12-10(7-11)4-9(3)5-10/h8-9H,4-7,11H2,1-3H3. The van der Waals surface area contributed by atoms with E-state index in [0.717, 1.165) is 18.4 Å². The summed E-state index contributed by atoms with van der Waals surface area (Å²) < 4.78 is 0.462. The zero-order valence-corrected chi connectivity index (χ0v) is 9.29. The molecule has 2 heteroatoms. The lowest BCUT2D eigenvalue weighted by molar-refractivity contribution is 0.256. The third-order valence-corrected chi connectivity index (χ3v) is 4.48. The predicted molar refractivity (Wildman–Crippen MR) is 57.5 cm³/mol. The molecule has 0 aromatic carbocycles. The van der Waals surface area contributed by atoms with Gasteiger partial charge in [-0.05, 0) is 30.4 Å². The van der Waals surface area contributed by atoms with Gasteiger partial charge in [0.15, 0.2) is 0 Å². The van der Waals surface area contributed by atoms with Crippen LogP contribution in [0.2, 0.25) is 0 Å². The van der Waals surface area contributed by atoms with E-state index in [9.17, 15) is 0 Å². The molecule has 0 amide bonds. The number of hydrogen-bond donors (Lipinski definition) is 1. The fraction of sp³-hybridized carbons (Fsp3) is 1.00. The van der Waals surface area contributed by atoms with Gasteiger partial charge in [0.05, 0.1) is 0 Å². The van der Waals surface area contributed by atoms with Crippen molar-refractivity contribution < 1.29 is 0 Å². The van der Waals surface area contributed by atoms with E-state index in [1.54, 1.807) is 0 Å². The second-order valence-electron chi connectivity index (χ2n) is 4.61. The molecule has 0 aromatic heterocycles. The first-order valence-electron chi connectivity index (χ1n) is 4.92. The fourth-order valence-corrected chi connectivity index (χ4v) is 3.51. The Morgan fingerprint density at radius 2 is 2.08 bits per heavy atom. The third kappa shape index (κ3) is 2.40. The lowest BCUT2D eigenvalue weighted by atomic mass is 9.75. The Balaban J connectivity index is 2.27. The van der Waals surface area contributed by atoms with E-state index in [0.29, 0.717) is 4.75 Å². The molecule has 1 nitrogen and oxygen atoms in total. The summed E-state index contributed by atoms with van der Waals surface area (Å²) in [5, 5.41) is 0. The quantitative estimate of drug-likeness (QED) is 0.732. The molecule has 1 fully saturated rings. The van der Waals surface area contributed by atoms with Gasteiger partial charge in [0.1, 0.15) is 0 Å². The molecule has 1 aliphatic rings. The molecule has 0 saturated heterocycles. The first kappa shape index (κ1) is 10.4. The molecule has 0 radical (unpaired) electrons. The largest absolute Gasteiger partial charge is 0.329 e. The van der Waals surface area contributed by atoms with Crippen molar-refractivity contribution in [2.75, 3.05) is 12.3 Å². The van der Waals surface area contributed by atoms with Crippen molar-refractivity contribution in [3.8, 4) is 0 Å². The van der Waals surface area contributed by atoms with Crippen LogP contribution >= 0.6 is 11.8 Å². The van der Waals surface area contributed by atoms with Crippen LogP contribution in [0.1, 0.15) is 33.6 Å². The summed E-state index contributed by atoms with van der Waals surface area (Å²) in [4.78, 5) is 0. The maximum Gasteiger partial charge on any atom is 0.0287 e. The molecule has 0 aliphatic heterocycles. The summed E-state index contributed by atoms with van der Waals surface area (Å²) in [7, 11) is 0. The molecule has 72 valence electrons. The van der Waals surface area contributed by atoms with Crippen LogP contribution < -0.4 is 5.73 Å². The number of rotatable bonds is 4. The Morgan fingerprint density at radius 1 is 1.50 bits per heavy atom. The normalized spacial score (nSPS) is 35.2. The molecule has 0 spiro atoms. The molecule has 0 bridgehead atoms. The van der Waals surface area contributed by atoms with Gasteiger partial charge in [-0.15, -0.1) is 0 Å². The Bertz CT molecular complexity index is 139. The molecule has 1 rings (SSSR count). The second kappa shape index (κ2) is 4.01. The van der Waals surface area contributed by atoms with Crippen LogP contribution in [0.25, 0.3) is 0 Å². The number of hydrogen-bond acceptors (Lipinski definition) is 2. The van der Waals surface area contributed by atoms with Crippen molar-refractivity contribution in [2.24, 2.45) is 17.6 Å². The van der Waals surface area contributed by atoms with Gasteiger partial charge in [-0.3, -0.25) is 0 Å². The Kier molecular flexibility index (Phi) is 3.47. The average Bonchev–Trinajstić information content (AvgIpc) is 1.95. The highest BCUT2D eigenvalue weighted by Crippen LogP contribution is 2.47. The van der Waals surface area contributed by atoms with E-state index < -0.39 is 0 Å². The van der Waals surface area contributed by atoms with E-state index in [1.165, 1.54) is 18.6 Å². The van der Waals surface area contributed by atoms with E-state index >= 15 is 0 Å². The monoisotopic (exact) mass is 187 g/mol. The van der Waals surface area contributed by atoms with E-state index in [1.807, 2.05) is 0 Å². The highest BCUT2D eigenvalue weighted by atomic mass is 32.2. The lowest BCUT2D eigenvalue weighted by Gasteiger charge is -2.45. The molecule has 0 atom stereocenters. The molecule has 0 heterocycles. The van der Waals surface area contributed by atoms with Gasteiger partial charge in [-0.2, -0.15) is 11.8 Å². The first-order valence-corrected chi connectivity index (χ1v) is 5.90. The van der Waals surface area contributed by atoms with Crippen LogP contribution in [-0.2, 0) is 0 Å². The van der Waals surface area contributed by atoms with E-state index in [-0.39, 0.29) is 0 Å². The van der Waals surface area contributed by atoms with Crippen molar-refractivity contribution in [3.05, 3.63) is 0 Å². The van der Waals surface area contributed by atoms with Crippen LogP contribution in [0.15, 0.2) is 0 Å². The van der Waals surface area contributed by atoms with Crippen LogP contribution in [0.5, 0.6) is 0 Å². The van der Waals surface area contributed by atoms with Gasteiger partial charge in [0, 0.05) is 11.3 Å². The summed E-state index contributed by atoms with van der Waals surface area (Å²) in [5.41, 5.74) is 5.80. The van der Waals surface area contributed by atoms with Gasteiger partial charge < -0.3 is 5.73 Å². The maximum atomic E-state index is 5.80. The van der Waals surface area contributed by atoms with Crippen molar-refractivity contribution in [3.63, 3.8) is 0 Å². The van der Waals surface area contributed by atoms with Crippen molar-refractivity contribution in [1.82, 2.24) is 0 Å². The van der Waals surface area contributed by atoms with Crippen LogP contribution in [0.3, 0.4) is 0 Å². The third-order valence-electron chi connectivity index (χ3n) is 2.54. The molecular weight excluding hydrogens is 166 g/mol. The minimum atomic E-state index is 0.462. The average molecular weight is 187 g/mol. The molecule has 1 aliphatic carbocycles. The molecule has 12 heavy (non-hydrogen) atoms. The molecular formula is C10H21NS. The Morgan fingerprint density at radius 3 is 2.42 bits per heavy atom. The molecule has 0 aromatic rings. The van der Waals surface area contributed by atoms with E-state index in [2.05, 4.69) is 32.5 Å². The fourth-order valence-electron chi connectivity index (χ4n) is 1.90. The molecule has 1 saturated carbocycles. The minimum Gasteiger partial charge on any atom is -0.329 e. The van der Waals surface area contributed by atoms with Crippen molar-refractivity contribution >= 4 is 11.8 Å². The highest BCUT2D eigenvalue weighted by molar-refractivity contribution is 8.00. The van der Waals surface area contributed by atoms with Gasteiger partial charge in [-0.1, -0.05) is 20.8 Å². The topological polar surface area (TPSA) is 26.0 Å². The molecule has 0 unspecified atom stereocenters. The summed E-state index contributed by atoms with van der Waals surface area (Å²) in [6, 6.07) is 0. The number of thioether (sulfide) groups is 1. The molecule has 2 N–H and O–H groups in total. The summed E-state index contributed by atoms with van der Waals surface area (Å²) >= 11 is 2.10. The first-order chi connectivity index (χ1) is 5.58. The number of nitrogens with two attached hydrogens (primary N) is 1. The van der Waals surface area contributed by atoms with E-state index in [4.69, 9.17) is 5.73 Å². The maximum absolute atomic E-state index is 5.80. The van der Waals surface area contributed by atoms with Crippen LogP contribution in [0, 0.1) is 11.8 Å². The van der Waals surface area contributed by atoms with Crippen molar-refractivity contribution in [1.29, 1.82) is 0 Å². The summed E-state index contributed by atoms with van der Waals surface area (Å²) in [5.74, 6) is 2.98.